The molecule has 1 aliphatic heterocycles. The van der Waals surface area contributed by atoms with Gasteiger partial charge in [-0.25, -0.2) is 15.0 Å². The lowest BCUT2D eigenvalue weighted by Crippen LogP contribution is -2.31. The molecule has 0 atom stereocenters. The molecule has 0 saturated heterocycles. The van der Waals surface area contributed by atoms with Crippen molar-refractivity contribution >= 4 is 35.4 Å². The van der Waals surface area contributed by atoms with Crippen LogP contribution in [0, 0.1) is 4.77 Å². The average Bonchev–Trinajstić information content (AvgIpc) is 2.42. The highest BCUT2D eigenvalue weighted by Crippen LogP contribution is 2.24. The van der Waals surface area contributed by atoms with Crippen LogP contribution >= 0.6 is 35.4 Å². The van der Waals surface area contributed by atoms with Gasteiger partial charge in [0.05, 0.1) is 0 Å². The first-order valence-electron chi connectivity index (χ1n) is 6.08. The number of aromatic amines is 1. The van der Waals surface area contributed by atoms with E-state index in [1.54, 1.807) is 0 Å². The summed E-state index contributed by atoms with van der Waals surface area (Å²) < 4.78 is 0.504. The molecule has 0 bridgehead atoms. The second-order valence-electron chi connectivity index (χ2n) is 4.59. The van der Waals surface area contributed by atoms with Gasteiger partial charge in [0.2, 0.25) is 0 Å². The van der Waals surface area contributed by atoms with E-state index in [0.717, 1.165) is 30.8 Å². The van der Waals surface area contributed by atoms with Crippen molar-refractivity contribution in [3.05, 3.63) is 44.4 Å². The summed E-state index contributed by atoms with van der Waals surface area (Å²) in [6.07, 6.45) is 4.12. The van der Waals surface area contributed by atoms with E-state index in [9.17, 15) is 0 Å². The first kappa shape index (κ1) is 13.9. The largest absolute Gasteiger partial charge is 0.333 e. The summed E-state index contributed by atoms with van der Waals surface area (Å²) in [6.45, 7) is 2.27. The minimum atomic E-state index is 0.401. The molecule has 8 heteroatoms. The topological polar surface area (TPSA) is 57.7 Å². The Kier molecular flexibility index (Phi) is 3.98. The zero-order chi connectivity index (χ0) is 14.1. The molecule has 0 amide bonds. The molecule has 2 aromatic rings. The van der Waals surface area contributed by atoms with E-state index in [1.807, 2.05) is 6.20 Å². The van der Waals surface area contributed by atoms with Gasteiger partial charge >= 0.3 is 0 Å². The van der Waals surface area contributed by atoms with Crippen LogP contribution in [0.15, 0.2) is 12.5 Å². The Balaban J connectivity index is 1.82. The Bertz CT molecular complexity index is 682. The van der Waals surface area contributed by atoms with Crippen molar-refractivity contribution in [3.63, 3.8) is 0 Å². The van der Waals surface area contributed by atoms with Crippen molar-refractivity contribution in [3.8, 4) is 0 Å². The normalized spacial score (nSPS) is 15.1. The Morgan fingerprint density at radius 1 is 1.25 bits per heavy atom. The summed E-state index contributed by atoms with van der Waals surface area (Å²) in [5.74, 6) is 0. The highest BCUT2D eigenvalue weighted by Gasteiger charge is 2.19. The lowest BCUT2D eigenvalue weighted by atomic mass is 10.1. The molecule has 104 valence electrons. The molecule has 3 heterocycles. The molecular weight excluding hydrogens is 317 g/mol. The van der Waals surface area contributed by atoms with Gasteiger partial charge in [0, 0.05) is 37.1 Å². The second kappa shape index (κ2) is 5.73. The van der Waals surface area contributed by atoms with Gasteiger partial charge in [0.15, 0.2) is 4.77 Å². The van der Waals surface area contributed by atoms with Crippen molar-refractivity contribution in [1.29, 1.82) is 0 Å². The lowest BCUT2D eigenvalue weighted by Gasteiger charge is -2.28. The maximum atomic E-state index is 6.08. The Hall–Kier alpha value is -1.08. The van der Waals surface area contributed by atoms with E-state index in [1.165, 1.54) is 11.9 Å². The highest BCUT2D eigenvalue weighted by atomic mass is 35.5. The summed E-state index contributed by atoms with van der Waals surface area (Å²) >= 11 is 17.2. The zero-order valence-electron chi connectivity index (χ0n) is 10.4. The van der Waals surface area contributed by atoms with Crippen LogP contribution in [0.5, 0.6) is 0 Å². The van der Waals surface area contributed by atoms with Crippen molar-refractivity contribution < 1.29 is 0 Å². The van der Waals surface area contributed by atoms with E-state index >= 15 is 0 Å². The van der Waals surface area contributed by atoms with Crippen LogP contribution in [-0.2, 0) is 19.5 Å². The maximum absolute atomic E-state index is 6.08. The summed E-state index contributed by atoms with van der Waals surface area (Å²) in [7, 11) is 0. The average molecular weight is 328 g/mol. The van der Waals surface area contributed by atoms with Crippen LogP contribution in [0.3, 0.4) is 0 Å². The van der Waals surface area contributed by atoms with Gasteiger partial charge in [-0.05, 0) is 24.2 Å². The predicted molar refractivity (Wildman–Crippen MR) is 79.3 cm³/mol. The van der Waals surface area contributed by atoms with Gasteiger partial charge < -0.3 is 4.98 Å². The van der Waals surface area contributed by atoms with Gasteiger partial charge in [-0.1, -0.05) is 23.2 Å². The minimum Gasteiger partial charge on any atom is -0.333 e. The zero-order valence-corrected chi connectivity index (χ0v) is 12.8. The summed E-state index contributed by atoms with van der Waals surface area (Å²) in [5, 5.41) is 0.803. The standard InChI is InChI=1S/C12H11Cl2N5S/c13-10-8(11(14)17-6-16-10)4-19-2-1-7-3-15-12(20)18-9(7)5-19/h3,6H,1-2,4-5H2,(H,15,18,20). The number of halogens is 2. The molecule has 0 unspecified atom stereocenters. The number of nitrogens with zero attached hydrogens (tertiary/aromatic N) is 4. The molecule has 3 rings (SSSR count). The van der Waals surface area contributed by atoms with Gasteiger partial charge in [-0.2, -0.15) is 0 Å². The van der Waals surface area contributed by atoms with E-state index in [0.29, 0.717) is 21.6 Å². The molecule has 20 heavy (non-hydrogen) atoms. The van der Waals surface area contributed by atoms with Crippen LogP contribution in [-0.4, -0.2) is 31.4 Å². The van der Waals surface area contributed by atoms with E-state index in [2.05, 4.69) is 24.8 Å². The van der Waals surface area contributed by atoms with Gasteiger partial charge in [0.1, 0.15) is 16.6 Å². The molecule has 0 saturated carbocycles. The van der Waals surface area contributed by atoms with Crippen molar-refractivity contribution in [2.75, 3.05) is 6.54 Å². The maximum Gasteiger partial charge on any atom is 0.196 e. The van der Waals surface area contributed by atoms with Crippen molar-refractivity contribution in [1.82, 2.24) is 24.8 Å². The molecule has 5 nitrogen and oxygen atoms in total. The molecule has 0 aromatic carbocycles. The van der Waals surface area contributed by atoms with Crippen molar-refractivity contribution in [2.45, 2.75) is 19.5 Å². The quantitative estimate of drug-likeness (QED) is 0.679. The van der Waals surface area contributed by atoms with E-state index in [4.69, 9.17) is 35.4 Å². The molecule has 1 N–H and O–H groups in total. The monoisotopic (exact) mass is 327 g/mol. The Labute approximate surface area is 131 Å². The third-order valence-electron chi connectivity index (χ3n) is 3.28. The molecule has 0 radical (unpaired) electrons. The molecule has 0 spiro atoms. The predicted octanol–water partition coefficient (Wildman–Crippen LogP) is 2.79. The fraction of sp³-hybridized carbons (Fsp3) is 0.333. The molecule has 2 aromatic heterocycles. The smallest absolute Gasteiger partial charge is 0.196 e. The molecular formula is C12H11Cl2N5S. The lowest BCUT2D eigenvalue weighted by molar-refractivity contribution is 0.240. The SMILES string of the molecule is S=c1ncc2c([nH]1)CN(Cc1c(Cl)ncnc1Cl)CC2. The van der Waals surface area contributed by atoms with E-state index in [-0.39, 0.29) is 0 Å². The number of nitrogens with one attached hydrogen (secondary N) is 1. The summed E-state index contributed by atoms with van der Waals surface area (Å²) in [6, 6.07) is 0. The second-order valence-corrected chi connectivity index (χ2v) is 5.69. The third-order valence-corrected chi connectivity index (χ3v) is 4.14. The first-order valence-corrected chi connectivity index (χ1v) is 7.24. The van der Waals surface area contributed by atoms with Crippen molar-refractivity contribution in [2.24, 2.45) is 0 Å². The van der Waals surface area contributed by atoms with Crippen LogP contribution in [0.1, 0.15) is 16.8 Å². The fourth-order valence-corrected chi connectivity index (χ4v) is 2.86. The van der Waals surface area contributed by atoms with Crippen LogP contribution < -0.4 is 0 Å². The van der Waals surface area contributed by atoms with E-state index < -0.39 is 0 Å². The Morgan fingerprint density at radius 2 is 2.00 bits per heavy atom. The van der Waals surface area contributed by atoms with Gasteiger partial charge in [0.25, 0.3) is 0 Å². The number of hydrogen-bond acceptors (Lipinski definition) is 5. The fourth-order valence-electron chi connectivity index (χ4n) is 2.25. The van der Waals surface area contributed by atoms with Crippen LogP contribution in [0.2, 0.25) is 10.3 Å². The number of H-pyrrole nitrogens is 1. The highest BCUT2D eigenvalue weighted by molar-refractivity contribution is 7.71. The van der Waals surface area contributed by atoms with Crippen LogP contribution in [0.4, 0.5) is 0 Å². The molecule has 0 fully saturated rings. The van der Waals surface area contributed by atoms with Crippen LogP contribution in [0.25, 0.3) is 0 Å². The molecule has 1 aliphatic rings. The first-order chi connectivity index (χ1) is 9.63. The minimum absolute atomic E-state index is 0.401. The van der Waals surface area contributed by atoms with Gasteiger partial charge in [-0.15, -0.1) is 0 Å². The number of aromatic nitrogens is 4. The van der Waals surface area contributed by atoms with Gasteiger partial charge in [-0.3, -0.25) is 4.90 Å². The number of rotatable bonds is 2. The third kappa shape index (κ3) is 2.83. The number of hydrogen-bond donors (Lipinski definition) is 1. The Morgan fingerprint density at radius 3 is 2.75 bits per heavy atom. The molecule has 0 aliphatic carbocycles. The summed E-state index contributed by atoms with van der Waals surface area (Å²) in [4.78, 5) is 17.4. The summed E-state index contributed by atoms with van der Waals surface area (Å²) in [5.41, 5.74) is 3.06. The number of fused-ring (bicyclic) bond motifs is 1.